The van der Waals surface area contributed by atoms with Gasteiger partial charge in [0.05, 0.1) is 0 Å². The molecule has 1 atom stereocenters. The van der Waals surface area contributed by atoms with Crippen molar-refractivity contribution in [2.75, 3.05) is 0 Å². The van der Waals surface area contributed by atoms with Crippen LogP contribution in [-0.2, 0) is 38.5 Å². The van der Waals surface area contributed by atoms with Crippen molar-refractivity contribution in [1.82, 2.24) is 0 Å². The van der Waals surface area contributed by atoms with Crippen molar-refractivity contribution in [3.63, 3.8) is 0 Å². The molecule has 0 unspecified atom stereocenters. The summed E-state index contributed by atoms with van der Waals surface area (Å²) in [5, 5.41) is 0. The van der Waals surface area contributed by atoms with Crippen LogP contribution in [0.15, 0.2) is 24.3 Å². The highest BCUT2D eigenvalue weighted by Gasteiger charge is 2.14. The van der Waals surface area contributed by atoms with E-state index in [0.717, 1.165) is 38.5 Å². The summed E-state index contributed by atoms with van der Waals surface area (Å²) in [5.41, 5.74) is 18.0. The fraction of sp³-hybridized carbons (Fsp3) is 0.520. The molecule has 26 heavy (non-hydrogen) atoms. The third-order valence-corrected chi connectivity index (χ3v) is 5.65. The van der Waals surface area contributed by atoms with Gasteiger partial charge in [-0.2, -0.15) is 0 Å². The highest BCUT2D eigenvalue weighted by atomic mass is 14.6. The molecule has 0 radical (unpaired) electrons. The monoisotopic (exact) mass is 351 g/mol. The third-order valence-electron chi connectivity index (χ3n) is 5.65. The zero-order valence-corrected chi connectivity index (χ0v) is 17.7. The van der Waals surface area contributed by atoms with Crippen molar-refractivity contribution < 1.29 is 0 Å². The van der Waals surface area contributed by atoms with Crippen LogP contribution >= 0.6 is 0 Å². The largest absolute Gasteiger partial charge is 0.324 e. The van der Waals surface area contributed by atoms with Crippen LogP contribution < -0.4 is 5.73 Å². The van der Waals surface area contributed by atoms with Crippen molar-refractivity contribution in [2.45, 2.75) is 86.1 Å². The maximum absolute atomic E-state index is 6.28. The third kappa shape index (κ3) is 4.38. The van der Waals surface area contributed by atoms with Crippen LogP contribution in [0.1, 0.15) is 92.1 Å². The van der Waals surface area contributed by atoms with Gasteiger partial charge >= 0.3 is 0 Å². The molecule has 0 aliphatic carbocycles. The van der Waals surface area contributed by atoms with Gasteiger partial charge in [0.2, 0.25) is 0 Å². The predicted octanol–water partition coefficient (Wildman–Crippen LogP) is 6.11. The van der Waals surface area contributed by atoms with Gasteiger partial charge in [-0.25, -0.2) is 0 Å². The van der Waals surface area contributed by atoms with Crippen molar-refractivity contribution in [2.24, 2.45) is 5.73 Å². The first-order chi connectivity index (χ1) is 12.5. The summed E-state index contributed by atoms with van der Waals surface area (Å²) in [6.07, 6.45) is 6.49. The number of rotatable bonds is 8. The van der Waals surface area contributed by atoms with Crippen molar-refractivity contribution >= 4 is 0 Å². The lowest BCUT2D eigenvalue weighted by molar-refractivity contribution is 0.782. The Kier molecular flexibility index (Phi) is 7.46. The molecular weight excluding hydrogens is 314 g/mol. The lowest BCUT2D eigenvalue weighted by atomic mass is 9.87. The van der Waals surface area contributed by atoms with Crippen LogP contribution in [0, 0.1) is 0 Å². The number of aryl methyl sites for hydroxylation is 4. The van der Waals surface area contributed by atoms with E-state index in [2.05, 4.69) is 65.8 Å². The van der Waals surface area contributed by atoms with E-state index in [1.807, 2.05) is 0 Å². The van der Waals surface area contributed by atoms with Gasteiger partial charge in [-0.15, -0.1) is 0 Å². The molecule has 1 heteroatoms. The Morgan fingerprint density at radius 3 is 1.35 bits per heavy atom. The molecular formula is C25H37N. The minimum absolute atomic E-state index is 0.108. The van der Waals surface area contributed by atoms with Gasteiger partial charge in [0.15, 0.2) is 0 Å². The summed E-state index contributed by atoms with van der Waals surface area (Å²) in [6.45, 7) is 13.4. The van der Waals surface area contributed by atoms with Crippen LogP contribution in [0.3, 0.4) is 0 Å². The first-order valence-electron chi connectivity index (χ1n) is 10.5. The summed E-state index contributed by atoms with van der Waals surface area (Å²) < 4.78 is 0. The molecule has 1 nitrogen and oxygen atoms in total. The fourth-order valence-corrected chi connectivity index (χ4v) is 4.42. The second kappa shape index (κ2) is 9.37. The van der Waals surface area contributed by atoms with Gasteiger partial charge in [-0.1, -0.05) is 58.9 Å². The Morgan fingerprint density at radius 2 is 1.04 bits per heavy atom. The second-order valence-corrected chi connectivity index (χ2v) is 7.45. The molecule has 0 bridgehead atoms. The molecule has 0 aliphatic heterocycles. The van der Waals surface area contributed by atoms with E-state index in [4.69, 9.17) is 5.73 Å². The molecule has 0 aromatic heterocycles. The minimum atomic E-state index is 0.108. The summed E-state index contributed by atoms with van der Waals surface area (Å²) in [5.74, 6) is 0. The molecule has 0 saturated carbocycles. The molecule has 2 rings (SSSR count). The Morgan fingerprint density at radius 1 is 0.654 bits per heavy atom. The van der Waals surface area contributed by atoms with Gasteiger partial charge < -0.3 is 5.73 Å². The molecule has 2 aromatic carbocycles. The Labute approximate surface area is 161 Å². The summed E-state index contributed by atoms with van der Waals surface area (Å²) >= 11 is 0. The number of benzene rings is 2. The Balaban J connectivity index is 2.48. The van der Waals surface area contributed by atoms with E-state index < -0.39 is 0 Å². The SMILES string of the molecule is CCc1cc(Cc2cc(CC)c([C@H](C)N)c(CC)c2)cc(CC)c1CC. The van der Waals surface area contributed by atoms with Crippen LogP contribution in [0.2, 0.25) is 0 Å². The second-order valence-electron chi connectivity index (χ2n) is 7.45. The molecule has 2 N–H and O–H groups in total. The highest BCUT2D eigenvalue weighted by Crippen LogP contribution is 2.27. The quantitative estimate of drug-likeness (QED) is 0.610. The maximum Gasteiger partial charge on any atom is 0.0271 e. The van der Waals surface area contributed by atoms with E-state index in [1.54, 1.807) is 5.56 Å². The van der Waals surface area contributed by atoms with Crippen molar-refractivity contribution in [1.29, 1.82) is 0 Å². The Bertz CT molecular complexity index is 690. The fourth-order valence-electron chi connectivity index (χ4n) is 4.42. The molecule has 0 fully saturated rings. The molecule has 0 aliphatic rings. The molecule has 0 spiro atoms. The zero-order chi connectivity index (χ0) is 19.3. The molecule has 0 saturated heterocycles. The van der Waals surface area contributed by atoms with Crippen molar-refractivity contribution in [3.05, 3.63) is 68.8 Å². The number of nitrogens with two attached hydrogens (primary N) is 1. The van der Waals surface area contributed by atoms with Crippen LogP contribution in [0.4, 0.5) is 0 Å². The van der Waals surface area contributed by atoms with Gasteiger partial charge in [-0.05, 0) is 90.0 Å². The van der Waals surface area contributed by atoms with Crippen LogP contribution in [0.25, 0.3) is 0 Å². The average Bonchev–Trinajstić information content (AvgIpc) is 2.65. The first kappa shape index (κ1) is 20.7. The average molecular weight is 352 g/mol. The molecule has 0 heterocycles. The summed E-state index contributed by atoms with van der Waals surface area (Å²) in [6, 6.07) is 9.77. The summed E-state index contributed by atoms with van der Waals surface area (Å²) in [4.78, 5) is 0. The smallest absolute Gasteiger partial charge is 0.0271 e. The topological polar surface area (TPSA) is 26.0 Å². The normalized spacial score (nSPS) is 12.4. The minimum Gasteiger partial charge on any atom is -0.324 e. The molecule has 0 amide bonds. The zero-order valence-electron chi connectivity index (χ0n) is 17.7. The van der Waals surface area contributed by atoms with E-state index in [1.165, 1.54) is 38.9 Å². The molecule has 142 valence electrons. The van der Waals surface area contributed by atoms with Gasteiger partial charge in [0.1, 0.15) is 0 Å². The van der Waals surface area contributed by atoms with E-state index in [9.17, 15) is 0 Å². The van der Waals surface area contributed by atoms with Crippen LogP contribution in [0.5, 0.6) is 0 Å². The van der Waals surface area contributed by atoms with Crippen LogP contribution in [-0.4, -0.2) is 0 Å². The highest BCUT2D eigenvalue weighted by molar-refractivity contribution is 5.45. The van der Waals surface area contributed by atoms with E-state index in [0.29, 0.717) is 0 Å². The standard InChI is InChI=1S/C25H37N/c1-7-20-13-18(14-21(8-2)24(20)11-5)12-19-15-22(9-3)25(17(6)26)23(10-4)16-19/h13-17H,7-12,26H2,1-6H3/t17-/m0/s1. The van der Waals surface area contributed by atoms with E-state index in [-0.39, 0.29) is 6.04 Å². The maximum atomic E-state index is 6.28. The van der Waals surface area contributed by atoms with Gasteiger partial charge in [0, 0.05) is 6.04 Å². The number of hydrogen-bond acceptors (Lipinski definition) is 1. The Hall–Kier alpha value is -1.60. The first-order valence-corrected chi connectivity index (χ1v) is 10.5. The lowest BCUT2D eigenvalue weighted by Gasteiger charge is -2.19. The van der Waals surface area contributed by atoms with E-state index >= 15 is 0 Å². The lowest BCUT2D eigenvalue weighted by Crippen LogP contribution is -2.12. The van der Waals surface area contributed by atoms with Crippen molar-refractivity contribution in [3.8, 4) is 0 Å². The predicted molar refractivity (Wildman–Crippen MR) is 115 cm³/mol. The van der Waals surface area contributed by atoms with Gasteiger partial charge in [0.25, 0.3) is 0 Å². The van der Waals surface area contributed by atoms with Gasteiger partial charge in [-0.3, -0.25) is 0 Å². The molecule has 2 aromatic rings. The summed E-state index contributed by atoms with van der Waals surface area (Å²) in [7, 11) is 0. The number of hydrogen-bond donors (Lipinski definition) is 1.